The number of carbonyl (C=O) groups is 1. The lowest BCUT2D eigenvalue weighted by Crippen LogP contribution is -2.32. The van der Waals surface area contributed by atoms with Gasteiger partial charge in [-0.25, -0.2) is 0 Å². The summed E-state index contributed by atoms with van der Waals surface area (Å²) in [6.07, 6.45) is 1.40. The Hall–Kier alpha value is -1.35. The molecule has 0 aromatic heterocycles. The fourth-order valence-electron chi connectivity index (χ4n) is 3.37. The number of rotatable bonds is 3. The molecule has 0 bridgehead atoms. The van der Waals surface area contributed by atoms with Crippen LogP contribution in [0.3, 0.4) is 0 Å². The van der Waals surface area contributed by atoms with Crippen LogP contribution in [0, 0.1) is 11.8 Å². The Morgan fingerprint density at radius 1 is 1.26 bits per heavy atom. The van der Waals surface area contributed by atoms with Crippen LogP contribution in [0.15, 0.2) is 30.3 Å². The molecule has 19 heavy (non-hydrogen) atoms. The number of hydrogen-bond acceptors (Lipinski definition) is 3. The highest BCUT2D eigenvalue weighted by Gasteiger charge is 2.52. The van der Waals surface area contributed by atoms with E-state index < -0.39 is 0 Å². The van der Waals surface area contributed by atoms with E-state index in [2.05, 4.69) is 38.1 Å². The first-order valence-electron chi connectivity index (χ1n) is 7.04. The molecule has 0 radical (unpaired) electrons. The van der Waals surface area contributed by atoms with E-state index in [9.17, 15) is 4.79 Å². The molecular formula is C16H20O3. The third kappa shape index (κ3) is 2.39. The SMILES string of the molecule is CC(C)[C@@H]1C(Cc2ccccc2)O[C@H]2CC(=O)O[C@@H]12. The second-order valence-electron chi connectivity index (χ2n) is 5.88. The zero-order chi connectivity index (χ0) is 13.4. The van der Waals surface area contributed by atoms with Crippen LogP contribution in [0.5, 0.6) is 0 Å². The lowest BCUT2D eigenvalue weighted by Gasteiger charge is -2.25. The molecule has 4 atom stereocenters. The van der Waals surface area contributed by atoms with E-state index in [0.717, 1.165) is 6.42 Å². The van der Waals surface area contributed by atoms with Crippen LogP contribution in [0.1, 0.15) is 25.8 Å². The zero-order valence-corrected chi connectivity index (χ0v) is 11.4. The van der Waals surface area contributed by atoms with Gasteiger partial charge in [0.25, 0.3) is 0 Å². The minimum atomic E-state index is -0.112. The van der Waals surface area contributed by atoms with Gasteiger partial charge in [-0.1, -0.05) is 44.2 Å². The van der Waals surface area contributed by atoms with E-state index in [1.807, 2.05) is 6.07 Å². The molecule has 102 valence electrons. The van der Waals surface area contributed by atoms with Crippen LogP contribution < -0.4 is 0 Å². The lowest BCUT2D eigenvalue weighted by molar-refractivity contribution is -0.143. The van der Waals surface area contributed by atoms with Crippen LogP contribution in [0.2, 0.25) is 0 Å². The quantitative estimate of drug-likeness (QED) is 0.784. The van der Waals surface area contributed by atoms with Gasteiger partial charge in [-0.2, -0.15) is 0 Å². The molecule has 1 aromatic carbocycles. The standard InChI is InChI=1S/C16H20O3/c1-10(2)15-12(8-11-6-4-3-5-7-11)18-13-9-14(17)19-16(13)15/h3-7,10,12-13,15-16H,8-9H2,1-2H3/t12?,13-,15+,16+/m0/s1. The van der Waals surface area contributed by atoms with Crippen LogP contribution in [-0.4, -0.2) is 24.3 Å². The average molecular weight is 260 g/mol. The molecule has 3 rings (SSSR count). The van der Waals surface area contributed by atoms with E-state index in [4.69, 9.17) is 9.47 Å². The first-order chi connectivity index (χ1) is 9.15. The molecule has 2 aliphatic rings. The van der Waals surface area contributed by atoms with Crippen molar-refractivity contribution < 1.29 is 14.3 Å². The zero-order valence-electron chi connectivity index (χ0n) is 11.4. The van der Waals surface area contributed by atoms with Gasteiger partial charge in [-0.15, -0.1) is 0 Å². The highest BCUT2D eigenvalue weighted by molar-refractivity contribution is 5.72. The molecule has 0 amide bonds. The summed E-state index contributed by atoms with van der Waals surface area (Å²) in [7, 11) is 0. The minimum Gasteiger partial charge on any atom is -0.459 e. The smallest absolute Gasteiger partial charge is 0.308 e. The third-order valence-electron chi connectivity index (χ3n) is 4.21. The monoisotopic (exact) mass is 260 g/mol. The predicted molar refractivity (Wildman–Crippen MR) is 71.6 cm³/mol. The molecular weight excluding hydrogens is 240 g/mol. The van der Waals surface area contributed by atoms with E-state index in [1.165, 1.54) is 5.56 Å². The summed E-state index contributed by atoms with van der Waals surface area (Å²) in [5, 5.41) is 0. The van der Waals surface area contributed by atoms with E-state index >= 15 is 0 Å². The van der Waals surface area contributed by atoms with Gasteiger partial charge in [0.05, 0.1) is 12.5 Å². The van der Waals surface area contributed by atoms with Gasteiger partial charge in [0.1, 0.15) is 12.2 Å². The number of benzene rings is 1. The van der Waals surface area contributed by atoms with Gasteiger partial charge < -0.3 is 9.47 Å². The van der Waals surface area contributed by atoms with Crippen molar-refractivity contribution in [2.75, 3.05) is 0 Å². The number of hydrogen-bond donors (Lipinski definition) is 0. The van der Waals surface area contributed by atoms with Crippen molar-refractivity contribution in [3.63, 3.8) is 0 Å². The van der Waals surface area contributed by atoms with Crippen molar-refractivity contribution in [1.29, 1.82) is 0 Å². The molecule has 3 nitrogen and oxygen atoms in total. The Labute approximate surface area is 113 Å². The summed E-state index contributed by atoms with van der Waals surface area (Å²) in [4.78, 5) is 11.4. The molecule has 2 aliphatic heterocycles. The van der Waals surface area contributed by atoms with Gasteiger partial charge in [0, 0.05) is 5.92 Å². The maximum Gasteiger partial charge on any atom is 0.308 e. The van der Waals surface area contributed by atoms with Crippen LogP contribution >= 0.6 is 0 Å². The maximum absolute atomic E-state index is 11.4. The van der Waals surface area contributed by atoms with Crippen molar-refractivity contribution in [3.05, 3.63) is 35.9 Å². The molecule has 2 saturated heterocycles. The second-order valence-corrected chi connectivity index (χ2v) is 5.88. The topological polar surface area (TPSA) is 35.5 Å². The highest BCUT2D eigenvalue weighted by atomic mass is 16.6. The first kappa shape index (κ1) is 12.7. The van der Waals surface area contributed by atoms with Crippen molar-refractivity contribution in [3.8, 4) is 0 Å². The molecule has 1 aromatic rings. The van der Waals surface area contributed by atoms with Crippen molar-refractivity contribution in [2.24, 2.45) is 11.8 Å². The number of carbonyl (C=O) groups excluding carboxylic acids is 1. The summed E-state index contributed by atoms with van der Waals surface area (Å²) in [6, 6.07) is 10.4. The van der Waals surface area contributed by atoms with Crippen molar-refractivity contribution in [2.45, 2.75) is 45.0 Å². The Bertz CT molecular complexity index is 454. The average Bonchev–Trinajstić information content (AvgIpc) is 2.85. The Morgan fingerprint density at radius 3 is 2.68 bits per heavy atom. The van der Waals surface area contributed by atoms with Crippen LogP contribution in [-0.2, 0) is 20.7 Å². The van der Waals surface area contributed by atoms with E-state index in [0.29, 0.717) is 18.3 Å². The maximum atomic E-state index is 11.4. The summed E-state index contributed by atoms with van der Waals surface area (Å²) in [5.41, 5.74) is 1.28. The minimum absolute atomic E-state index is 0.0337. The molecule has 0 saturated carbocycles. The largest absolute Gasteiger partial charge is 0.459 e. The summed E-state index contributed by atoms with van der Waals surface area (Å²) in [6.45, 7) is 4.36. The van der Waals surface area contributed by atoms with Gasteiger partial charge in [0.15, 0.2) is 0 Å². The van der Waals surface area contributed by atoms with Crippen LogP contribution in [0.4, 0.5) is 0 Å². The van der Waals surface area contributed by atoms with Gasteiger partial charge in [-0.05, 0) is 17.9 Å². The fraction of sp³-hybridized carbons (Fsp3) is 0.562. The Kier molecular flexibility index (Phi) is 3.31. The lowest BCUT2D eigenvalue weighted by atomic mass is 9.84. The van der Waals surface area contributed by atoms with Gasteiger partial charge >= 0.3 is 5.97 Å². The Balaban J connectivity index is 1.77. The first-order valence-corrected chi connectivity index (χ1v) is 7.04. The van der Waals surface area contributed by atoms with Crippen molar-refractivity contribution in [1.82, 2.24) is 0 Å². The summed E-state index contributed by atoms with van der Waals surface area (Å²) >= 11 is 0. The van der Waals surface area contributed by atoms with Gasteiger partial charge in [-0.3, -0.25) is 4.79 Å². The molecule has 1 unspecified atom stereocenters. The molecule has 3 heteroatoms. The number of fused-ring (bicyclic) bond motifs is 1. The van der Waals surface area contributed by atoms with E-state index in [-0.39, 0.29) is 24.3 Å². The molecule has 0 spiro atoms. The molecule has 2 heterocycles. The fourth-order valence-corrected chi connectivity index (χ4v) is 3.37. The van der Waals surface area contributed by atoms with Crippen molar-refractivity contribution >= 4 is 5.97 Å². The summed E-state index contributed by atoms with van der Waals surface area (Å²) < 4.78 is 11.6. The van der Waals surface area contributed by atoms with Crippen LogP contribution in [0.25, 0.3) is 0 Å². The summed E-state index contributed by atoms with van der Waals surface area (Å²) in [5.74, 6) is 0.644. The predicted octanol–water partition coefficient (Wildman–Crippen LogP) is 2.58. The normalized spacial score (nSPS) is 33.5. The number of ether oxygens (including phenoxy) is 2. The number of esters is 1. The second kappa shape index (κ2) is 4.97. The third-order valence-corrected chi connectivity index (χ3v) is 4.21. The van der Waals surface area contributed by atoms with E-state index in [1.54, 1.807) is 0 Å². The molecule has 2 fully saturated rings. The molecule has 0 aliphatic carbocycles. The molecule has 0 N–H and O–H groups in total. The Morgan fingerprint density at radius 2 is 2.00 bits per heavy atom. The van der Waals surface area contributed by atoms with Gasteiger partial charge in [0.2, 0.25) is 0 Å². The highest BCUT2D eigenvalue weighted by Crippen LogP contribution is 2.41.